The molecule has 1 N–H and O–H groups in total. The number of carbonyl (C=O) groups excluding carboxylic acids is 1. The minimum absolute atomic E-state index is 0.0704. The lowest BCUT2D eigenvalue weighted by Crippen LogP contribution is -2.48. The van der Waals surface area contributed by atoms with E-state index in [4.69, 9.17) is 4.98 Å². The van der Waals surface area contributed by atoms with Crippen LogP contribution in [0.2, 0.25) is 0 Å². The average molecular weight is 380 g/mol. The second-order valence-electron chi connectivity index (χ2n) is 8.30. The SMILES string of the molecule is CN(C)c1ncc2c(n1)C1(CCCN(CC(=O)NCc3ccccc3)C1)CC2. The predicted molar refractivity (Wildman–Crippen MR) is 110 cm³/mol. The van der Waals surface area contributed by atoms with Crippen molar-refractivity contribution in [2.75, 3.05) is 38.6 Å². The minimum Gasteiger partial charge on any atom is -0.351 e. The van der Waals surface area contributed by atoms with Gasteiger partial charge in [-0.3, -0.25) is 9.69 Å². The van der Waals surface area contributed by atoms with Gasteiger partial charge in [-0.15, -0.1) is 0 Å². The molecule has 0 saturated carbocycles. The summed E-state index contributed by atoms with van der Waals surface area (Å²) in [6.07, 6.45) is 6.39. The highest BCUT2D eigenvalue weighted by Gasteiger charge is 2.44. The van der Waals surface area contributed by atoms with E-state index in [1.165, 1.54) is 11.3 Å². The summed E-state index contributed by atoms with van der Waals surface area (Å²) in [7, 11) is 3.96. The van der Waals surface area contributed by atoms with Crippen LogP contribution in [-0.4, -0.2) is 54.5 Å². The summed E-state index contributed by atoms with van der Waals surface area (Å²) in [5.74, 6) is 0.869. The first-order valence-corrected chi connectivity index (χ1v) is 10.1. The van der Waals surface area contributed by atoms with E-state index in [1.807, 2.05) is 55.5 Å². The van der Waals surface area contributed by atoms with Crippen LogP contribution in [0.1, 0.15) is 36.1 Å². The fourth-order valence-corrected chi connectivity index (χ4v) is 4.56. The number of rotatable bonds is 5. The quantitative estimate of drug-likeness (QED) is 0.862. The van der Waals surface area contributed by atoms with E-state index in [1.54, 1.807) is 0 Å². The van der Waals surface area contributed by atoms with Gasteiger partial charge in [0.1, 0.15) is 0 Å². The number of hydrogen-bond donors (Lipinski definition) is 1. The third-order valence-corrected chi connectivity index (χ3v) is 5.98. The summed E-state index contributed by atoms with van der Waals surface area (Å²) in [5.41, 5.74) is 3.69. The van der Waals surface area contributed by atoms with Crippen LogP contribution in [0, 0.1) is 0 Å². The zero-order valence-electron chi connectivity index (χ0n) is 16.8. The van der Waals surface area contributed by atoms with Crippen molar-refractivity contribution in [1.82, 2.24) is 20.2 Å². The molecule has 1 unspecified atom stereocenters. The standard InChI is InChI=1S/C22H29N5O/c1-26(2)21-24-14-18-9-11-22(20(18)25-21)10-6-12-27(16-22)15-19(28)23-13-17-7-4-3-5-8-17/h3-5,7-8,14H,6,9-13,15-16H2,1-2H3,(H,23,28). The number of anilines is 1. The fraction of sp³-hybridized carbons (Fsp3) is 0.500. The number of nitrogens with one attached hydrogen (secondary N) is 1. The molecule has 1 spiro atoms. The third-order valence-electron chi connectivity index (χ3n) is 5.98. The Kier molecular flexibility index (Phi) is 5.31. The summed E-state index contributed by atoms with van der Waals surface area (Å²) in [6, 6.07) is 10.1. The Hall–Kier alpha value is -2.47. The van der Waals surface area contributed by atoms with Crippen molar-refractivity contribution < 1.29 is 4.79 Å². The summed E-state index contributed by atoms with van der Waals surface area (Å²) < 4.78 is 0. The zero-order valence-corrected chi connectivity index (χ0v) is 16.8. The van der Waals surface area contributed by atoms with Crippen molar-refractivity contribution >= 4 is 11.9 Å². The third kappa shape index (κ3) is 3.87. The van der Waals surface area contributed by atoms with Gasteiger partial charge in [-0.05, 0) is 43.4 Å². The molecular weight excluding hydrogens is 350 g/mol. The number of nitrogens with zero attached hydrogens (tertiary/aromatic N) is 4. The first-order valence-electron chi connectivity index (χ1n) is 10.1. The van der Waals surface area contributed by atoms with Gasteiger partial charge in [-0.25, -0.2) is 9.97 Å². The lowest BCUT2D eigenvalue weighted by atomic mass is 9.77. The van der Waals surface area contributed by atoms with Crippen LogP contribution in [0.15, 0.2) is 36.5 Å². The molecule has 4 rings (SSSR count). The van der Waals surface area contributed by atoms with Crippen molar-refractivity contribution in [3.63, 3.8) is 0 Å². The molecule has 0 radical (unpaired) electrons. The Bertz CT molecular complexity index is 834. The molecule has 1 atom stereocenters. The highest BCUT2D eigenvalue weighted by Crippen LogP contribution is 2.44. The molecule has 6 nitrogen and oxygen atoms in total. The predicted octanol–water partition coefficient (Wildman–Crippen LogP) is 2.14. The van der Waals surface area contributed by atoms with E-state index in [2.05, 4.69) is 15.2 Å². The van der Waals surface area contributed by atoms with Gasteiger partial charge in [-0.1, -0.05) is 30.3 Å². The van der Waals surface area contributed by atoms with E-state index >= 15 is 0 Å². The summed E-state index contributed by atoms with van der Waals surface area (Å²) in [6.45, 7) is 2.92. The number of piperidine rings is 1. The molecule has 1 aliphatic heterocycles. The highest BCUT2D eigenvalue weighted by molar-refractivity contribution is 5.78. The van der Waals surface area contributed by atoms with Gasteiger partial charge in [0, 0.05) is 38.8 Å². The molecule has 0 bridgehead atoms. The van der Waals surface area contributed by atoms with Crippen LogP contribution in [0.3, 0.4) is 0 Å². The number of hydrogen-bond acceptors (Lipinski definition) is 5. The number of fused-ring (bicyclic) bond motifs is 2. The van der Waals surface area contributed by atoms with Crippen LogP contribution in [0.25, 0.3) is 0 Å². The second-order valence-corrected chi connectivity index (χ2v) is 8.30. The lowest BCUT2D eigenvalue weighted by Gasteiger charge is -2.40. The number of likely N-dealkylation sites (tertiary alicyclic amines) is 1. The Labute approximate surface area is 167 Å². The van der Waals surface area contributed by atoms with Crippen LogP contribution in [0.4, 0.5) is 5.95 Å². The van der Waals surface area contributed by atoms with E-state index in [-0.39, 0.29) is 11.3 Å². The van der Waals surface area contributed by atoms with E-state index in [9.17, 15) is 4.79 Å². The molecule has 1 fully saturated rings. The molecule has 1 aliphatic carbocycles. The normalized spacial score (nSPS) is 21.5. The molecule has 28 heavy (non-hydrogen) atoms. The molecule has 1 aromatic carbocycles. The molecule has 1 amide bonds. The van der Waals surface area contributed by atoms with Crippen LogP contribution >= 0.6 is 0 Å². The number of carbonyl (C=O) groups is 1. The van der Waals surface area contributed by atoms with Crippen molar-refractivity contribution in [3.05, 3.63) is 53.3 Å². The topological polar surface area (TPSA) is 61.4 Å². The van der Waals surface area contributed by atoms with Gasteiger partial charge >= 0.3 is 0 Å². The smallest absolute Gasteiger partial charge is 0.234 e. The molecule has 2 aliphatic rings. The monoisotopic (exact) mass is 379 g/mol. The maximum atomic E-state index is 12.5. The number of amides is 1. The van der Waals surface area contributed by atoms with Crippen molar-refractivity contribution in [2.45, 2.75) is 37.6 Å². The summed E-state index contributed by atoms with van der Waals surface area (Å²) in [4.78, 5) is 26.1. The Morgan fingerprint density at radius 3 is 2.86 bits per heavy atom. The summed E-state index contributed by atoms with van der Waals surface area (Å²) in [5, 5.41) is 3.06. The number of benzene rings is 1. The molecule has 1 saturated heterocycles. The number of aromatic nitrogens is 2. The fourth-order valence-electron chi connectivity index (χ4n) is 4.56. The highest BCUT2D eigenvalue weighted by atomic mass is 16.2. The first-order chi connectivity index (χ1) is 13.6. The largest absolute Gasteiger partial charge is 0.351 e. The average Bonchev–Trinajstić information content (AvgIpc) is 3.04. The van der Waals surface area contributed by atoms with Gasteiger partial charge < -0.3 is 10.2 Å². The van der Waals surface area contributed by atoms with Crippen molar-refractivity contribution in [2.24, 2.45) is 0 Å². The molecule has 1 aromatic heterocycles. The molecular formula is C22H29N5O. The molecule has 2 aromatic rings. The maximum Gasteiger partial charge on any atom is 0.234 e. The lowest BCUT2D eigenvalue weighted by molar-refractivity contribution is -0.122. The van der Waals surface area contributed by atoms with Crippen molar-refractivity contribution in [1.29, 1.82) is 0 Å². The molecule has 148 valence electrons. The first kappa shape index (κ1) is 18.9. The van der Waals surface area contributed by atoms with Gasteiger partial charge in [0.2, 0.25) is 11.9 Å². The zero-order chi connectivity index (χ0) is 19.6. The van der Waals surface area contributed by atoms with E-state index in [0.29, 0.717) is 13.1 Å². The van der Waals surface area contributed by atoms with Gasteiger partial charge in [0.05, 0.1) is 12.2 Å². The Balaban J connectivity index is 1.41. The minimum atomic E-state index is 0.0704. The molecule has 6 heteroatoms. The molecule has 2 heterocycles. The van der Waals surface area contributed by atoms with E-state index < -0.39 is 0 Å². The van der Waals surface area contributed by atoms with Crippen molar-refractivity contribution in [3.8, 4) is 0 Å². The van der Waals surface area contributed by atoms with Crippen LogP contribution in [-0.2, 0) is 23.2 Å². The number of aryl methyl sites for hydroxylation is 1. The Morgan fingerprint density at radius 2 is 2.07 bits per heavy atom. The van der Waals surface area contributed by atoms with Crippen LogP contribution < -0.4 is 10.2 Å². The van der Waals surface area contributed by atoms with Crippen LogP contribution in [0.5, 0.6) is 0 Å². The van der Waals surface area contributed by atoms with Gasteiger partial charge in [0.15, 0.2) is 0 Å². The van der Waals surface area contributed by atoms with E-state index in [0.717, 1.165) is 50.3 Å². The van der Waals surface area contributed by atoms with Gasteiger partial charge in [0.25, 0.3) is 0 Å². The second kappa shape index (κ2) is 7.87. The summed E-state index contributed by atoms with van der Waals surface area (Å²) >= 11 is 0. The maximum absolute atomic E-state index is 12.5. The Morgan fingerprint density at radius 1 is 1.25 bits per heavy atom. The van der Waals surface area contributed by atoms with Gasteiger partial charge in [-0.2, -0.15) is 0 Å².